The van der Waals surface area contributed by atoms with Gasteiger partial charge in [0, 0.05) is 19.1 Å². The number of piperidine rings is 1. The van der Waals surface area contributed by atoms with Crippen LogP contribution in [-0.2, 0) is 9.59 Å². The van der Waals surface area contributed by atoms with Gasteiger partial charge in [-0.25, -0.2) is 0 Å². The third-order valence-corrected chi connectivity index (χ3v) is 4.32. The number of aliphatic carboxylic acids is 1. The van der Waals surface area contributed by atoms with Crippen LogP contribution in [0.4, 0.5) is 0 Å². The molecule has 0 spiro atoms. The SMILES string of the molecule is CCN(C(=O)CN1CCCC(CNCC(=O)O)C1)C1CC1. The van der Waals surface area contributed by atoms with E-state index < -0.39 is 5.97 Å². The van der Waals surface area contributed by atoms with Gasteiger partial charge in [0.25, 0.3) is 0 Å². The van der Waals surface area contributed by atoms with E-state index in [-0.39, 0.29) is 12.5 Å². The van der Waals surface area contributed by atoms with Crippen LogP contribution in [0.1, 0.15) is 32.6 Å². The van der Waals surface area contributed by atoms with E-state index in [1.165, 1.54) is 0 Å². The van der Waals surface area contributed by atoms with Crippen molar-refractivity contribution in [1.82, 2.24) is 15.1 Å². The first-order valence-corrected chi connectivity index (χ1v) is 8.04. The number of nitrogens with one attached hydrogen (secondary N) is 1. The number of carbonyl (C=O) groups is 2. The molecule has 120 valence electrons. The molecule has 1 atom stereocenters. The number of likely N-dealkylation sites (tertiary alicyclic amines) is 1. The predicted molar refractivity (Wildman–Crippen MR) is 80.1 cm³/mol. The van der Waals surface area contributed by atoms with E-state index in [2.05, 4.69) is 10.2 Å². The molecule has 1 heterocycles. The van der Waals surface area contributed by atoms with Crippen molar-refractivity contribution in [3.63, 3.8) is 0 Å². The summed E-state index contributed by atoms with van der Waals surface area (Å²) in [5.74, 6) is -0.123. The monoisotopic (exact) mass is 297 g/mol. The first-order chi connectivity index (χ1) is 10.1. The molecule has 0 aromatic rings. The maximum absolute atomic E-state index is 12.3. The molecular weight excluding hydrogens is 270 g/mol. The quantitative estimate of drug-likeness (QED) is 0.678. The van der Waals surface area contributed by atoms with Crippen molar-refractivity contribution in [2.45, 2.75) is 38.6 Å². The fraction of sp³-hybridized carbons (Fsp3) is 0.867. The molecule has 0 aromatic heterocycles. The molecule has 6 heteroatoms. The normalized spacial score (nSPS) is 23.0. The van der Waals surface area contributed by atoms with E-state index in [9.17, 15) is 9.59 Å². The first-order valence-electron chi connectivity index (χ1n) is 8.04. The van der Waals surface area contributed by atoms with Crippen molar-refractivity contribution < 1.29 is 14.7 Å². The van der Waals surface area contributed by atoms with Crippen molar-refractivity contribution in [2.24, 2.45) is 5.92 Å². The molecule has 1 aliphatic carbocycles. The zero-order valence-electron chi connectivity index (χ0n) is 12.9. The maximum Gasteiger partial charge on any atom is 0.317 e. The molecule has 2 aliphatic rings. The van der Waals surface area contributed by atoms with Crippen molar-refractivity contribution in [1.29, 1.82) is 0 Å². The lowest BCUT2D eigenvalue weighted by Crippen LogP contribution is -2.46. The van der Waals surface area contributed by atoms with Crippen LogP contribution in [-0.4, -0.2) is 72.1 Å². The van der Waals surface area contributed by atoms with Crippen LogP contribution in [0, 0.1) is 5.92 Å². The Balaban J connectivity index is 1.72. The second-order valence-corrected chi connectivity index (χ2v) is 6.18. The Morgan fingerprint density at radius 3 is 2.71 bits per heavy atom. The zero-order valence-corrected chi connectivity index (χ0v) is 12.9. The minimum Gasteiger partial charge on any atom is -0.480 e. The average Bonchev–Trinajstić information content (AvgIpc) is 3.24. The molecule has 1 saturated heterocycles. The van der Waals surface area contributed by atoms with Crippen LogP contribution >= 0.6 is 0 Å². The van der Waals surface area contributed by atoms with E-state index in [0.29, 0.717) is 18.5 Å². The lowest BCUT2D eigenvalue weighted by Gasteiger charge is -2.33. The number of carboxylic acids is 1. The predicted octanol–water partition coefficient (Wildman–Crippen LogP) is 0.384. The van der Waals surface area contributed by atoms with E-state index in [1.807, 2.05) is 11.8 Å². The molecule has 2 N–H and O–H groups in total. The summed E-state index contributed by atoms with van der Waals surface area (Å²) in [7, 11) is 0. The van der Waals surface area contributed by atoms with Gasteiger partial charge < -0.3 is 15.3 Å². The summed E-state index contributed by atoms with van der Waals surface area (Å²) in [6.07, 6.45) is 4.50. The highest BCUT2D eigenvalue weighted by Crippen LogP contribution is 2.27. The van der Waals surface area contributed by atoms with Crippen LogP contribution in [0.25, 0.3) is 0 Å². The van der Waals surface area contributed by atoms with E-state index in [1.54, 1.807) is 0 Å². The number of nitrogens with zero attached hydrogens (tertiary/aromatic N) is 2. The summed E-state index contributed by atoms with van der Waals surface area (Å²) in [5.41, 5.74) is 0. The van der Waals surface area contributed by atoms with Gasteiger partial charge in [-0.1, -0.05) is 0 Å². The van der Waals surface area contributed by atoms with Crippen LogP contribution in [0.15, 0.2) is 0 Å². The van der Waals surface area contributed by atoms with Gasteiger partial charge in [-0.2, -0.15) is 0 Å². The Bertz CT molecular complexity index is 371. The van der Waals surface area contributed by atoms with E-state index in [4.69, 9.17) is 5.11 Å². The second kappa shape index (κ2) is 7.75. The van der Waals surface area contributed by atoms with Crippen LogP contribution < -0.4 is 5.32 Å². The molecule has 1 unspecified atom stereocenters. The van der Waals surface area contributed by atoms with Gasteiger partial charge in [0.05, 0.1) is 13.1 Å². The van der Waals surface area contributed by atoms with Crippen molar-refractivity contribution in [2.75, 3.05) is 39.3 Å². The standard InChI is InChI=1S/C15H27N3O3/c1-2-18(13-5-6-13)14(19)11-17-7-3-4-12(10-17)8-16-9-15(20)21/h12-13,16H,2-11H2,1H3,(H,20,21). The number of carbonyl (C=O) groups excluding carboxylic acids is 1. The number of likely N-dealkylation sites (N-methyl/N-ethyl adjacent to an activating group) is 1. The molecule has 1 amide bonds. The molecule has 1 aliphatic heterocycles. The van der Waals surface area contributed by atoms with Crippen molar-refractivity contribution >= 4 is 11.9 Å². The maximum atomic E-state index is 12.3. The average molecular weight is 297 g/mol. The topological polar surface area (TPSA) is 72.9 Å². The lowest BCUT2D eigenvalue weighted by atomic mass is 9.98. The fourth-order valence-corrected chi connectivity index (χ4v) is 3.15. The van der Waals surface area contributed by atoms with E-state index in [0.717, 1.165) is 51.9 Å². The highest BCUT2D eigenvalue weighted by Gasteiger charge is 2.32. The Kier molecular flexibility index (Phi) is 5.99. The van der Waals surface area contributed by atoms with Crippen LogP contribution in [0.5, 0.6) is 0 Å². The van der Waals surface area contributed by atoms with Gasteiger partial charge >= 0.3 is 5.97 Å². The minimum atomic E-state index is -0.819. The zero-order chi connectivity index (χ0) is 15.2. The van der Waals surface area contributed by atoms with Gasteiger partial charge in [-0.05, 0) is 51.6 Å². The lowest BCUT2D eigenvalue weighted by molar-refractivity contribution is -0.136. The summed E-state index contributed by atoms with van der Waals surface area (Å²) in [6, 6.07) is 0.486. The number of hydrogen-bond donors (Lipinski definition) is 2. The molecule has 2 rings (SSSR count). The molecule has 2 fully saturated rings. The second-order valence-electron chi connectivity index (χ2n) is 6.18. The van der Waals surface area contributed by atoms with Crippen molar-refractivity contribution in [3.8, 4) is 0 Å². The molecular formula is C15H27N3O3. The smallest absolute Gasteiger partial charge is 0.317 e. The molecule has 21 heavy (non-hydrogen) atoms. The van der Waals surface area contributed by atoms with Gasteiger partial charge in [0.15, 0.2) is 0 Å². The van der Waals surface area contributed by atoms with Crippen molar-refractivity contribution in [3.05, 3.63) is 0 Å². The van der Waals surface area contributed by atoms with Gasteiger partial charge in [-0.3, -0.25) is 14.5 Å². The Morgan fingerprint density at radius 1 is 1.33 bits per heavy atom. The summed E-state index contributed by atoms with van der Waals surface area (Å²) in [4.78, 5) is 27.1. The molecule has 0 aromatic carbocycles. The van der Waals surface area contributed by atoms with Gasteiger partial charge in [-0.15, -0.1) is 0 Å². The van der Waals surface area contributed by atoms with E-state index >= 15 is 0 Å². The summed E-state index contributed by atoms with van der Waals surface area (Å²) >= 11 is 0. The third-order valence-electron chi connectivity index (χ3n) is 4.32. The molecule has 0 radical (unpaired) electrons. The summed E-state index contributed by atoms with van der Waals surface area (Å²) in [5, 5.41) is 11.6. The third kappa shape index (κ3) is 5.28. The number of rotatable bonds is 8. The van der Waals surface area contributed by atoms with Gasteiger partial charge in [0.2, 0.25) is 5.91 Å². The molecule has 0 bridgehead atoms. The fourth-order valence-electron chi connectivity index (χ4n) is 3.15. The summed E-state index contributed by atoms with van der Waals surface area (Å²) < 4.78 is 0. The number of hydrogen-bond acceptors (Lipinski definition) is 4. The first kappa shape index (κ1) is 16.2. The molecule has 6 nitrogen and oxygen atoms in total. The Labute approximate surface area is 126 Å². The Hall–Kier alpha value is -1.14. The number of amides is 1. The highest BCUT2D eigenvalue weighted by molar-refractivity contribution is 5.79. The van der Waals surface area contributed by atoms with Gasteiger partial charge in [0.1, 0.15) is 0 Å². The summed E-state index contributed by atoms with van der Waals surface area (Å²) in [6.45, 7) is 5.97. The number of carboxylic acid groups (broad SMARTS) is 1. The molecule has 1 saturated carbocycles. The minimum absolute atomic E-state index is 0.0146. The van der Waals surface area contributed by atoms with Crippen LogP contribution in [0.3, 0.4) is 0 Å². The Morgan fingerprint density at radius 2 is 2.10 bits per heavy atom. The van der Waals surface area contributed by atoms with Crippen LogP contribution in [0.2, 0.25) is 0 Å². The largest absolute Gasteiger partial charge is 0.480 e. The highest BCUT2D eigenvalue weighted by atomic mass is 16.4.